The molecule has 1 fully saturated rings. The minimum absolute atomic E-state index is 0.0632. The van der Waals surface area contributed by atoms with Crippen LogP contribution in [0.5, 0.6) is 0 Å². The van der Waals surface area contributed by atoms with E-state index >= 15 is 0 Å². The molecule has 7 heteroatoms. The number of rotatable bonds is 5. The van der Waals surface area contributed by atoms with Crippen molar-refractivity contribution in [1.82, 2.24) is 20.2 Å². The highest BCUT2D eigenvalue weighted by Crippen LogP contribution is 2.20. The first-order valence-corrected chi connectivity index (χ1v) is 7.95. The van der Waals surface area contributed by atoms with Crippen LogP contribution in [0.3, 0.4) is 0 Å². The van der Waals surface area contributed by atoms with Crippen molar-refractivity contribution in [3.63, 3.8) is 0 Å². The highest BCUT2D eigenvalue weighted by atomic mass is 16.5. The lowest BCUT2D eigenvalue weighted by atomic mass is 10.1. The molecular weight excluding hydrogens is 306 g/mol. The van der Waals surface area contributed by atoms with E-state index in [1.165, 1.54) is 6.20 Å². The van der Waals surface area contributed by atoms with Gasteiger partial charge in [-0.15, -0.1) is 0 Å². The number of hydrogen-bond acceptors (Lipinski definition) is 6. The van der Waals surface area contributed by atoms with E-state index < -0.39 is 0 Å². The number of morpholine rings is 1. The van der Waals surface area contributed by atoms with Crippen LogP contribution < -0.4 is 11.1 Å². The van der Waals surface area contributed by atoms with Gasteiger partial charge < -0.3 is 15.8 Å². The molecule has 126 valence electrons. The minimum atomic E-state index is -0.162. The molecule has 0 unspecified atom stereocenters. The van der Waals surface area contributed by atoms with Crippen molar-refractivity contribution in [2.45, 2.75) is 6.04 Å². The Labute approximate surface area is 140 Å². The van der Waals surface area contributed by atoms with Gasteiger partial charge in [-0.1, -0.05) is 6.07 Å². The lowest BCUT2D eigenvalue weighted by molar-refractivity contribution is 0.0161. The van der Waals surface area contributed by atoms with E-state index in [1.54, 1.807) is 18.3 Å². The SMILES string of the molecule is Nc1ccc(C(=O)NC[C@H](c2cccnc2)N2CCOCC2)cn1. The molecule has 0 radical (unpaired) electrons. The number of nitrogens with one attached hydrogen (secondary N) is 1. The molecule has 3 N–H and O–H groups in total. The van der Waals surface area contributed by atoms with Gasteiger partial charge >= 0.3 is 0 Å². The first-order valence-electron chi connectivity index (χ1n) is 7.95. The third-order valence-corrected chi connectivity index (χ3v) is 4.06. The van der Waals surface area contributed by atoms with E-state index in [0.29, 0.717) is 31.1 Å². The van der Waals surface area contributed by atoms with E-state index in [4.69, 9.17) is 10.5 Å². The molecule has 0 aliphatic carbocycles. The quantitative estimate of drug-likeness (QED) is 0.846. The van der Waals surface area contributed by atoms with Crippen molar-refractivity contribution in [3.05, 3.63) is 54.0 Å². The molecule has 2 aromatic rings. The topological polar surface area (TPSA) is 93.4 Å². The lowest BCUT2D eigenvalue weighted by Gasteiger charge is -2.34. The maximum atomic E-state index is 12.3. The molecule has 1 atom stereocenters. The molecule has 0 spiro atoms. The monoisotopic (exact) mass is 327 g/mol. The van der Waals surface area contributed by atoms with Crippen LogP contribution in [0, 0.1) is 0 Å². The molecule has 3 rings (SSSR count). The van der Waals surface area contributed by atoms with Crippen molar-refractivity contribution in [3.8, 4) is 0 Å². The second-order valence-corrected chi connectivity index (χ2v) is 5.63. The van der Waals surface area contributed by atoms with E-state index in [9.17, 15) is 4.79 Å². The molecule has 1 amide bonds. The van der Waals surface area contributed by atoms with Gasteiger partial charge in [0, 0.05) is 38.2 Å². The van der Waals surface area contributed by atoms with Crippen molar-refractivity contribution < 1.29 is 9.53 Å². The van der Waals surface area contributed by atoms with Crippen molar-refractivity contribution >= 4 is 11.7 Å². The summed E-state index contributed by atoms with van der Waals surface area (Å²) in [6.45, 7) is 3.56. The summed E-state index contributed by atoms with van der Waals surface area (Å²) in [5, 5.41) is 2.98. The fraction of sp³-hybridized carbons (Fsp3) is 0.353. The molecule has 24 heavy (non-hydrogen) atoms. The van der Waals surface area contributed by atoms with Gasteiger partial charge in [0.05, 0.1) is 24.8 Å². The number of amides is 1. The van der Waals surface area contributed by atoms with Crippen LogP contribution in [0.1, 0.15) is 22.0 Å². The van der Waals surface area contributed by atoms with Crippen LogP contribution in [-0.2, 0) is 4.74 Å². The molecule has 1 aliphatic rings. The minimum Gasteiger partial charge on any atom is -0.384 e. The smallest absolute Gasteiger partial charge is 0.252 e. The van der Waals surface area contributed by atoms with Crippen LogP contribution >= 0.6 is 0 Å². The summed E-state index contributed by atoms with van der Waals surface area (Å²) in [4.78, 5) is 22.8. The molecule has 1 saturated heterocycles. The van der Waals surface area contributed by atoms with Gasteiger partial charge in [0.2, 0.25) is 0 Å². The fourth-order valence-electron chi connectivity index (χ4n) is 2.75. The van der Waals surface area contributed by atoms with Crippen LogP contribution in [0.2, 0.25) is 0 Å². The predicted octanol–water partition coefficient (Wildman–Crippen LogP) is 0.862. The zero-order chi connectivity index (χ0) is 16.8. The highest BCUT2D eigenvalue weighted by Gasteiger charge is 2.23. The number of carbonyl (C=O) groups excluding carboxylic acids is 1. The predicted molar refractivity (Wildman–Crippen MR) is 90.4 cm³/mol. The maximum absolute atomic E-state index is 12.3. The lowest BCUT2D eigenvalue weighted by Crippen LogP contribution is -2.43. The van der Waals surface area contributed by atoms with Crippen LogP contribution in [0.25, 0.3) is 0 Å². The van der Waals surface area contributed by atoms with Gasteiger partial charge in [-0.3, -0.25) is 14.7 Å². The van der Waals surface area contributed by atoms with E-state index in [2.05, 4.69) is 20.2 Å². The van der Waals surface area contributed by atoms with Crippen molar-refractivity contribution in [1.29, 1.82) is 0 Å². The first kappa shape index (κ1) is 16.4. The molecule has 7 nitrogen and oxygen atoms in total. The number of nitrogen functional groups attached to an aromatic ring is 1. The number of pyridine rings is 2. The zero-order valence-electron chi connectivity index (χ0n) is 13.4. The van der Waals surface area contributed by atoms with Gasteiger partial charge in [0.15, 0.2) is 0 Å². The summed E-state index contributed by atoms with van der Waals surface area (Å²) in [7, 11) is 0. The Morgan fingerprint density at radius 3 is 2.79 bits per heavy atom. The number of ether oxygens (including phenoxy) is 1. The Morgan fingerprint density at radius 1 is 1.29 bits per heavy atom. The fourth-order valence-corrected chi connectivity index (χ4v) is 2.75. The van der Waals surface area contributed by atoms with Gasteiger partial charge in [-0.25, -0.2) is 4.98 Å². The summed E-state index contributed by atoms with van der Waals surface area (Å²) in [5.74, 6) is 0.234. The summed E-state index contributed by atoms with van der Waals surface area (Å²) in [6.07, 6.45) is 5.08. The Bertz CT molecular complexity index is 656. The molecule has 0 aromatic carbocycles. The molecule has 2 aromatic heterocycles. The van der Waals surface area contributed by atoms with E-state index in [0.717, 1.165) is 18.7 Å². The second kappa shape index (κ2) is 7.85. The number of nitrogens with zero attached hydrogens (tertiary/aromatic N) is 3. The van der Waals surface area contributed by atoms with Crippen molar-refractivity contribution in [2.24, 2.45) is 0 Å². The van der Waals surface area contributed by atoms with Crippen LogP contribution in [0.4, 0.5) is 5.82 Å². The molecule has 0 saturated carbocycles. The van der Waals surface area contributed by atoms with E-state index in [1.807, 2.05) is 18.3 Å². The standard InChI is InChI=1S/C17H21N5O2/c18-16-4-3-14(11-20-16)17(23)21-12-15(13-2-1-5-19-10-13)22-6-8-24-9-7-22/h1-5,10-11,15H,6-9,12H2,(H2,18,20)(H,21,23)/t15-/m1/s1. The number of aromatic nitrogens is 2. The number of hydrogen-bond donors (Lipinski definition) is 2. The average molecular weight is 327 g/mol. The zero-order valence-corrected chi connectivity index (χ0v) is 13.4. The first-order chi connectivity index (χ1) is 11.7. The van der Waals surface area contributed by atoms with Gasteiger partial charge in [0.25, 0.3) is 5.91 Å². The third kappa shape index (κ3) is 4.06. The summed E-state index contributed by atoms with van der Waals surface area (Å²) in [6, 6.07) is 7.30. The van der Waals surface area contributed by atoms with E-state index in [-0.39, 0.29) is 11.9 Å². The number of anilines is 1. The largest absolute Gasteiger partial charge is 0.384 e. The average Bonchev–Trinajstić information content (AvgIpc) is 2.64. The summed E-state index contributed by atoms with van der Waals surface area (Å²) >= 11 is 0. The highest BCUT2D eigenvalue weighted by molar-refractivity contribution is 5.94. The number of nitrogens with two attached hydrogens (primary N) is 1. The normalized spacial score (nSPS) is 16.5. The molecule has 1 aliphatic heterocycles. The van der Waals surface area contributed by atoms with Gasteiger partial charge in [0.1, 0.15) is 5.82 Å². The Kier molecular flexibility index (Phi) is 5.35. The Balaban J connectivity index is 1.69. The molecular formula is C17H21N5O2. The number of carbonyl (C=O) groups is 1. The summed E-state index contributed by atoms with van der Waals surface area (Å²) in [5.41, 5.74) is 7.13. The van der Waals surface area contributed by atoms with Crippen LogP contribution in [-0.4, -0.2) is 53.6 Å². The molecule has 3 heterocycles. The van der Waals surface area contributed by atoms with Crippen molar-refractivity contribution in [2.75, 3.05) is 38.6 Å². The maximum Gasteiger partial charge on any atom is 0.252 e. The molecule has 0 bridgehead atoms. The Hall–Kier alpha value is -2.51. The Morgan fingerprint density at radius 2 is 2.12 bits per heavy atom. The third-order valence-electron chi connectivity index (χ3n) is 4.06. The summed E-state index contributed by atoms with van der Waals surface area (Å²) < 4.78 is 5.43. The van der Waals surface area contributed by atoms with Gasteiger partial charge in [-0.2, -0.15) is 0 Å². The van der Waals surface area contributed by atoms with Gasteiger partial charge in [-0.05, 0) is 23.8 Å². The van der Waals surface area contributed by atoms with Crippen LogP contribution in [0.15, 0.2) is 42.9 Å². The second-order valence-electron chi connectivity index (χ2n) is 5.63.